The monoisotopic (exact) mass is 321 g/mol. The van der Waals surface area contributed by atoms with Crippen LogP contribution < -0.4 is 5.32 Å². The standard InChI is InChI=1S/C21H23NO2/c1-15-7-9-17(10-8-15)21(18-11-12-18)22-20(24)14-13-19(23)16-5-3-2-4-6-16/h2-10,18,21H,11-14H2,1H3,(H,22,24). The minimum absolute atomic E-state index is 0.0176. The fourth-order valence-electron chi connectivity index (χ4n) is 2.92. The van der Waals surface area contributed by atoms with Crippen molar-refractivity contribution in [3.05, 3.63) is 71.3 Å². The molecule has 2 aromatic rings. The van der Waals surface area contributed by atoms with Gasteiger partial charge in [-0.2, -0.15) is 0 Å². The molecule has 1 N–H and O–H groups in total. The van der Waals surface area contributed by atoms with Gasteiger partial charge in [0, 0.05) is 18.4 Å². The zero-order valence-electron chi connectivity index (χ0n) is 14.0. The third-order valence-corrected chi connectivity index (χ3v) is 4.52. The lowest BCUT2D eigenvalue weighted by Crippen LogP contribution is -2.30. The van der Waals surface area contributed by atoms with Gasteiger partial charge in [0.1, 0.15) is 0 Å². The number of carbonyl (C=O) groups is 2. The van der Waals surface area contributed by atoms with E-state index in [1.54, 1.807) is 12.1 Å². The van der Waals surface area contributed by atoms with E-state index in [2.05, 4.69) is 36.5 Å². The molecule has 1 saturated carbocycles. The molecule has 0 aliphatic heterocycles. The van der Waals surface area contributed by atoms with Crippen molar-refractivity contribution in [2.45, 2.75) is 38.6 Å². The number of rotatable bonds is 7. The quantitative estimate of drug-likeness (QED) is 0.776. The summed E-state index contributed by atoms with van der Waals surface area (Å²) in [5, 5.41) is 3.13. The number of aryl methyl sites for hydroxylation is 1. The zero-order chi connectivity index (χ0) is 16.9. The molecule has 3 nitrogen and oxygen atoms in total. The Labute approximate surface area is 143 Å². The average molecular weight is 321 g/mol. The Balaban J connectivity index is 1.56. The molecule has 0 spiro atoms. The molecule has 1 unspecified atom stereocenters. The fourth-order valence-corrected chi connectivity index (χ4v) is 2.92. The van der Waals surface area contributed by atoms with E-state index in [1.807, 2.05) is 18.2 Å². The first-order chi connectivity index (χ1) is 11.6. The Bertz CT molecular complexity index is 702. The van der Waals surface area contributed by atoms with Gasteiger partial charge in [0.25, 0.3) is 0 Å². The van der Waals surface area contributed by atoms with Gasteiger partial charge in [0.05, 0.1) is 6.04 Å². The average Bonchev–Trinajstić information content (AvgIpc) is 3.44. The summed E-state index contributed by atoms with van der Waals surface area (Å²) in [6.07, 6.45) is 2.80. The van der Waals surface area contributed by atoms with Gasteiger partial charge < -0.3 is 5.32 Å². The lowest BCUT2D eigenvalue weighted by Gasteiger charge is -2.19. The van der Waals surface area contributed by atoms with Crippen LogP contribution in [0.5, 0.6) is 0 Å². The van der Waals surface area contributed by atoms with E-state index in [0.717, 1.165) is 18.4 Å². The third-order valence-electron chi connectivity index (χ3n) is 4.52. The van der Waals surface area contributed by atoms with Crippen LogP contribution >= 0.6 is 0 Å². The lowest BCUT2D eigenvalue weighted by atomic mass is 10.0. The molecule has 0 radical (unpaired) electrons. The molecular formula is C21H23NO2. The number of nitrogens with one attached hydrogen (secondary N) is 1. The van der Waals surface area contributed by atoms with Crippen molar-refractivity contribution in [2.75, 3.05) is 0 Å². The first kappa shape index (κ1) is 16.4. The third kappa shape index (κ3) is 4.31. The van der Waals surface area contributed by atoms with Crippen LogP contribution in [-0.2, 0) is 4.79 Å². The molecular weight excluding hydrogens is 298 g/mol. The van der Waals surface area contributed by atoms with Gasteiger partial charge in [-0.3, -0.25) is 9.59 Å². The molecule has 1 aliphatic rings. The molecule has 2 aromatic carbocycles. The number of carbonyl (C=O) groups excluding carboxylic acids is 2. The maximum Gasteiger partial charge on any atom is 0.220 e. The van der Waals surface area contributed by atoms with Crippen LogP contribution in [0.2, 0.25) is 0 Å². The van der Waals surface area contributed by atoms with Crippen LogP contribution in [0.15, 0.2) is 54.6 Å². The summed E-state index contributed by atoms with van der Waals surface area (Å²) < 4.78 is 0. The topological polar surface area (TPSA) is 46.2 Å². The molecule has 0 aromatic heterocycles. The van der Waals surface area contributed by atoms with E-state index in [-0.39, 0.29) is 30.6 Å². The highest BCUT2D eigenvalue weighted by molar-refractivity contribution is 5.97. The molecule has 0 saturated heterocycles. The SMILES string of the molecule is Cc1ccc(C(NC(=O)CCC(=O)c2ccccc2)C2CC2)cc1. The number of hydrogen-bond donors (Lipinski definition) is 1. The van der Waals surface area contributed by atoms with Gasteiger partial charge in [-0.05, 0) is 31.2 Å². The number of Topliss-reactive ketones (excluding diaryl/α,β-unsaturated/α-hetero) is 1. The highest BCUT2D eigenvalue weighted by Crippen LogP contribution is 2.41. The minimum atomic E-state index is -0.0447. The van der Waals surface area contributed by atoms with Crippen molar-refractivity contribution >= 4 is 11.7 Å². The Morgan fingerprint density at radius 3 is 2.29 bits per heavy atom. The zero-order valence-corrected chi connectivity index (χ0v) is 14.0. The van der Waals surface area contributed by atoms with E-state index < -0.39 is 0 Å². The predicted octanol–water partition coefficient (Wildman–Crippen LogP) is 4.23. The predicted molar refractivity (Wildman–Crippen MR) is 94.8 cm³/mol. The second kappa shape index (κ2) is 7.43. The summed E-state index contributed by atoms with van der Waals surface area (Å²) in [7, 11) is 0. The summed E-state index contributed by atoms with van der Waals surface area (Å²) in [6, 6.07) is 17.6. The minimum Gasteiger partial charge on any atom is -0.349 e. The number of benzene rings is 2. The van der Waals surface area contributed by atoms with E-state index in [1.165, 1.54) is 5.56 Å². The summed E-state index contributed by atoms with van der Waals surface area (Å²) in [4.78, 5) is 24.4. The van der Waals surface area contributed by atoms with Crippen LogP contribution in [-0.4, -0.2) is 11.7 Å². The maximum absolute atomic E-state index is 12.3. The normalized spacial score (nSPS) is 14.9. The van der Waals surface area contributed by atoms with Crippen LogP contribution in [0.4, 0.5) is 0 Å². The second-order valence-corrected chi connectivity index (χ2v) is 6.58. The first-order valence-electron chi connectivity index (χ1n) is 8.57. The molecule has 1 amide bonds. The number of amides is 1. The van der Waals surface area contributed by atoms with Crippen molar-refractivity contribution in [2.24, 2.45) is 5.92 Å². The Morgan fingerprint density at radius 2 is 1.67 bits per heavy atom. The molecule has 0 heterocycles. The summed E-state index contributed by atoms with van der Waals surface area (Å²) in [6.45, 7) is 2.06. The van der Waals surface area contributed by atoms with Crippen molar-refractivity contribution in [1.82, 2.24) is 5.32 Å². The number of ketones is 1. The van der Waals surface area contributed by atoms with E-state index in [9.17, 15) is 9.59 Å². The van der Waals surface area contributed by atoms with E-state index in [4.69, 9.17) is 0 Å². The van der Waals surface area contributed by atoms with E-state index in [0.29, 0.717) is 11.5 Å². The van der Waals surface area contributed by atoms with Gasteiger partial charge in [0.15, 0.2) is 5.78 Å². The van der Waals surface area contributed by atoms with Crippen LogP contribution in [0, 0.1) is 12.8 Å². The summed E-state index contributed by atoms with van der Waals surface area (Å²) in [5.74, 6) is 0.502. The molecule has 124 valence electrons. The van der Waals surface area contributed by atoms with Crippen molar-refractivity contribution in [3.63, 3.8) is 0 Å². The van der Waals surface area contributed by atoms with Crippen LogP contribution in [0.3, 0.4) is 0 Å². The van der Waals surface area contributed by atoms with E-state index >= 15 is 0 Å². The van der Waals surface area contributed by atoms with Gasteiger partial charge in [-0.1, -0.05) is 60.2 Å². The maximum atomic E-state index is 12.3. The molecule has 24 heavy (non-hydrogen) atoms. The molecule has 3 rings (SSSR count). The van der Waals surface area contributed by atoms with Crippen LogP contribution in [0.25, 0.3) is 0 Å². The Kier molecular flexibility index (Phi) is 5.09. The van der Waals surface area contributed by atoms with Crippen molar-refractivity contribution < 1.29 is 9.59 Å². The molecule has 0 bridgehead atoms. The lowest BCUT2D eigenvalue weighted by molar-refractivity contribution is -0.122. The van der Waals surface area contributed by atoms with Crippen LogP contribution in [0.1, 0.15) is 53.2 Å². The largest absolute Gasteiger partial charge is 0.349 e. The Hall–Kier alpha value is -2.42. The molecule has 1 fully saturated rings. The fraction of sp³-hybridized carbons (Fsp3) is 0.333. The summed E-state index contributed by atoms with van der Waals surface area (Å²) >= 11 is 0. The summed E-state index contributed by atoms with van der Waals surface area (Å²) in [5.41, 5.74) is 3.04. The first-order valence-corrected chi connectivity index (χ1v) is 8.57. The van der Waals surface area contributed by atoms with Crippen molar-refractivity contribution in [3.8, 4) is 0 Å². The molecule has 1 aliphatic carbocycles. The van der Waals surface area contributed by atoms with Gasteiger partial charge in [-0.15, -0.1) is 0 Å². The second-order valence-electron chi connectivity index (χ2n) is 6.58. The smallest absolute Gasteiger partial charge is 0.220 e. The molecule has 1 atom stereocenters. The van der Waals surface area contributed by atoms with Gasteiger partial charge >= 0.3 is 0 Å². The number of hydrogen-bond acceptors (Lipinski definition) is 2. The van der Waals surface area contributed by atoms with Gasteiger partial charge in [-0.25, -0.2) is 0 Å². The highest BCUT2D eigenvalue weighted by atomic mass is 16.2. The highest BCUT2D eigenvalue weighted by Gasteiger charge is 2.33. The molecule has 3 heteroatoms. The van der Waals surface area contributed by atoms with Gasteiger partial charge in [0.2, 0.25) is 5.91 Å². The van der Waals surface area contributed by atoms with Crippen molar-refractivity contribution in [1.29, 1.82) is 0 Å². The Morgan fingerprint density at radius 1 is 1.00 bits per heavy atom.